The van der Waals surface area contributed by atoms with Crippen LogP contribution < -0.4 is 4.74 Å². The first-order valence-corrected chi connectivity index (χ1v) is 5.03. The number of esters is 1. The molecule has 1 aromatic carbocycles. The second-order valence-corrected chi connectivity index (χ2v) is 4.45. The summed E-state index contributed by atoms with van der Waals surface area (Å²) in [7, 11) is 1.22. The maximum absolute atomic E-state index is 13.9. The van der Waals surface area contributed by atoms with Gasteiger partial charge in [0, 0.05) is 12.0 Å². The number of carbonyl (C=O) groups excluding carboxylic acids is 1. The van der Waals surface area contributed by atoms with Crippen molar-refractivity contribution < 1.29 is 18.7 Å². The van der Waals surface area contributed by atoms with Crippen molar-refractivity contribution in [3.05, 3.63) is 29.1 Å². The molecule has 1 aliphatic heterocycles. The molecule has 0 radical (unpaired) electrons. The van der Waals surface area contributed by atoms with Crippen LogP contribution >= 0.6 is 0 Å². The van der Waals surface area contributed by atoms with E-state index in [1.165, 1.54) is 13.2 Å². The van der Waals surface area contributed by atoms with E-state index in [9.17, 15) is 9.18 Å². The first kappa shape index (κ1) is 10.9. The Morgan fingerprint density at radius 3 is 2.81 bits per heavy atom. The summed E-state index contributed by atoms with van der Waals surface area (Å²) in [6.07, 6.45) is 0.640. The van der Waals surface area contributed by atoms with Gasteiger partial charge in [0.15, 0.2) is 11.6 Å². The molecule has 3 nitrogen and oxygen atoms in total. The van der Waals surface area contributed by atoms with E-state index in [1.807, 2.05) is 13.8 Å². The highest BCUT2D eigenvalue weighted by Crippen LogP contribution is 2.38. The highest BCUT2D eigenvalue weighted by Gasteiger charge is 2.34. The van der Waals surface area contributed by atoms with Gasteiger partial charge in [-0.1, -0.05) is 6.07 Å². The molecule has 0 amide bonds. The minimum atomic E-state index is -0.686. The second kappa shape index (κ2) is 3.47. The van der Waals surface area contributed by atoms with Gasteiger partial charge in [-0.25, -0.2) is 9.18 Å². The molecule has 86 valence electrons. The Labute approximate surface area is 93.2 Å². The Morgan fingerprint density at radius 1 is 1.50 bits per heavy atom. The van der Waals surface area contributed by atoms with Gasteiger partial charge in [-0.3, -0.25) is 0 Å². The normalized spacial score (nSPS) is 16.5. The Bertz CT molecular complexity index is 452. The molecule has 1 aromatic rings. The Kier molecular flexibility index (Phi) is 2.37. The van der Waals surface area contributed by atoms with Crippen LogP contribution in [0.1, 0.15) is 29.8 Å². The third-order valence-electron chi connectivity index (χ3n) is 2.58. The molecule has 4 heteroatoms. The van der Waals surface area contributed by atoms with Crippen LogP contribution in [0.25, 0.3) is 0 Å². The molecule has 0 spiro atoms. The van der Waals surface area contributed by atoms with Crippen LogP contribution in [0.2, 0.25) is 0 Å². The first-order valence-electron chi connectivity index (χ1n) is 5.03. The van der Waals surface area contributed by atoms with Crippen LogP contribution in [0.15, 0.2) is 12.1 Å². The van der Waals surface area contributed by atoms with Gasteiger partial charge in [0.05, 0.1) is 12.7 Å². The Hall–Kier alpha value is -1.58. The maximum Gasteiger partial charge on any atom is 0.340 e. The molecule has 0 unspecified atom stereocenters. The van der Waals surface area contributed by atoms with Crippen molar-refractivity contribution in [2.45, 2.75) is 25.9 Å². The highest BCUT2D eigenvalue weighted by atomic mass is 19.1. The highest BCUT2D eigenvalue weighted by molar-refractivity contribution is 5.90. The zero-order valence-corrected chi connectivity index (χ0v) is 9.46. The zero-order valence-electron chi connectivity index (χ0n) is 9.46. The first-order chi connectivity index (χ1) is 7.44. The van der Waals surface area contributed by atoms with Crippen LogP contribution in [-0.4, -0.2) is 18.7 Å². The minimum Gasteiger partial charge on any atom is -0.484 e. The number of benzene rings is 1. The van der Waals surface area contributed by atoms with E-state index >= 15 is 0 Å². The van der Waals surface area contributed by atoms with E-state index in [2.05, 4.69) is 4.74 Å². The standard InChI is InChI=1S/C12H13FO3/c1-12(2)6-7-4-5-8(11(14)15-3)9(13)10(7)16-12/h4-5H,6H2,1-3H3. The lowest BCUT2D eigenvalue weighted by atomic mass is 10.0. The van der Waals surface area contributed by atoms with Crippen molar-refractivity contribution in [2.75, 3.05) is 7.11 Å². The number of fused-ring (bicyclic) bond motifs is 1. The molecule has 0 saturated carbocycles. The summed E-state index contributed by atoms with van der Waals surface area (Å²) in [5.74, 6) is -1.14. The lowest BCUT2D eigenvalue weighted by molar-refractivity contribution is 0.0592. The number of ether oxygens (including phenoxy) is 2. The number of halogens is 1. The summed E-state index contributed by atoms with van der Waals surface area (Å²) in [4.78, 5) is 11.3. The number of carbonyl (C=O) groups is 1. The van der Waals surface area contributed by atoms with Crippen molar-refractivity contribution in [1.82, 2.24) is 0 Å². The minimum absolute atomic E-state index is 0.0843. The number of rotatable bonds is 1. The van der Waals surface area contributed by atoms with Gasteiger partial charge in [0.2, 0.25) is 0 Å². The van der Waals surface area contributed by atoms with Gasteiger partial charge in [-0.2, -0.15) is 0 Å². The van der Waals surface area contributed by atoms with E-state index in [0.717, 1.165) is 5.56 Å². The van der Waals surface area contributed by atoms with Crippen molar-refractivity contribution in [2.24, 2.45) is 0 Å². The molecule has 0 atom stereocenters. The molecule has 0 aromatic heterocycles. The predicted molar refractivity (Wildman–Crippen MR) is 56.2 cm³/mol. The molecule has 0 saturated heterocycles. The van der Waals surface area contributed by atoms with Gasteiger partial charge >= 0.3 is 5.97 Å². The molecule has 1 heterocycles. The van der Waals surface area contributed by atoms with Gasteiger partial charge < -0.3 is 9.47 Å². The van der Waals surface area contributed by atoms with Gasteiger partial charge in [0.1, 0.15) is 5.60 Å². The Morgan fingerprint density at radius 2 is 2.19 bits per heavy atom. The third-order valence-corrected chi connectivity index (χ3v) is 2.58. The molecule has 0 N–H and O–H groups in total. The summed E-state index contributed by atoms with van der Waals surface area (Å²) < 4.78 is 23.9. The van der Waals surface area contributed by atoms with Gasteiger partial charge in [-0.05, 0) is 19.9 Å². The fourth-order valence-corrected chi connectivity index (χ4v) is 1.88. The number of methoxy groups -OCH3 is 1. The molecular weight excluding hydrogens is 211 g/mol. The Balaban J connectivity index is 2.48. The SMILES string of the molecule is COC(=O)c1ccc2c(c1F)OC(C)(C)C2. The summed E-state index contributed by atoms with van der Waals surface area (Å²) in [5, 5.41) is 0. The zero-order chi connectivity index (χ0) is 11.9. The number of hydrogen-bond acceptors (Lipinski definition) is 3. The summed E-state index contributed by atoms with van der Waals surface area (Å²) >= 11 is 0. The monoisotopic (exact) mass is 224 g/mol. The van der Waals surface area contributed by atoms with Gasteiger partial charge in [-0.15, -0.1) is 0 Å². The molecular formula is C12H13FO3. The average molecular weight is 224 g/mol. The number of hydrogen-bond donors (Lipinski definition) is 0. The van der Waals surface area contributed by atoms with E-state index in [4.69, 9.17) is 4.74 Å². The predicted octanol–water partition coefficient (Wildman–Crippen LogP) is 2.33. The fourth-order valence-electron chi connectivity index (χ4n) is 1.88. The molecule has 16 heavy (non-hydrogen) atoms. The quantitative estimate of drug-likeness (QED) is 0.687. The third kappa shape index (κ3) is 1.64. The maximum atomic E-state index is 13.9. The van der Waals surface area contributed by atoms with Gasteiger partial charge in [0.25, 0.3) is 0 Å². The van der Waals surface area contributed by atoms with Crippen molar-refractivity contribution in [3.8, 4) is 5.75 Å². The van der Waals surface area contributed by atoms with Crippen molar-refractivity contribution in [3.63, 3.8) is 0 Å². The summed E-state index contributed by atoms with van der Waals surface area (Å²) in [6.45, 7) is 3.76. The van der Waals surface area contributed by atoms with Crippen LogP contribution in [0.5, 0.6) is 5.75 Å². The average Bonchev–Trinajstić information content (AvgIpc) is 2.53. The summed E-state index contributed by atoms with van der Waals surface area (Å²) in [5.41, 5.74) is 0.284. The lowest BCUT2D eigenvalue weighted by Gasteiger charge is -2.17. The molecule has 2 rings (SSSR count). The largest absolute Gasteiger partial charge is 0.484 e. The topological polar surface area (TPSA) is 35.5 Å². The van der Waals surface area contributed by atoms with Crippen molar-refractivity contribution >= 4 is 5.97 Å². The van der Waals surface area contributed by atoms with E-state index in [0.29, 0.717) is 6.42 Å². The second-order valence-electron chi connectivity index (χ2n) is 4.45. The van der Waals surface area contributed by atoms with Crippen LogP contribution in [0, 0.1) is 5.82 Å². The molecule has 0 fully saturated rings. The van der Waals surface area contributed by atoms with Crippen LogP contribution in [0.3, 0.4) is 0 Å². The molecule has 0 aliphatic carbocycles. The molecule has 1 aliphatic rings. The lowest BCUT2D eigenvalue weighted by Crippen LogP contribution is -2.24. The summed E-state index contributed by atoms with van der Waals surface area (Å²) in [6, 6.07) is 3.14. The van der Waals surface area contributed by atoms with Crippen LogP contribution in [-0.2, 0) is 11.2 Å². The van der Waals surface area contributed by atoms with E-state index < -0.39 is 17.4 Å². The van der Waals surface area contributed by atoms with Crippen LogP contribution in [0.4, 0.5) is 4.39 Å². The smallest absolute Gasteiger partial charge is 0.340 e. The fraction of sp³-hybridized carbons (Fsp3) is 0.417. The molecule has 0 bridgehead atoms. The van der Waals surface area contributed by atoms with E-state index in [1.54, 1.807) is 6.07 Å². The van der Waals surface area contributed by atoms with E-state index in [-0.39, 0.29) is 11.3 Å². The van der Waals surface area contributed by atoms with Crippen molar-refractivity contribution in [1.29, 1.82) is 0 Å².